The lowest BCUT2D eigenvalue weighted by molar-refractivity contribution is -0.138. The number of carbonyl (C=O) groups is 1. The fraction of sp³-hybridized carbons (Fsp3) is 0.214. The number of aryl methyl sites for hydroxylation is 1. The van der Waals surface area contributed by atoms with Gasteiger partial charge in [-0.15, -0.1) is 0 Å². The molecular weight excluding hydrogens is 299 g/mol. The molecule has 1 aromatic heterocycles. The first-order valence-electron chi connectivity index (χ1n) is 6.15. The number of hydrogen-bond donors (Lipinski definition) is 2. The van der Waals surface area contributed by atoms with Crippen LogP contribution in [0.3, 0.4) is 0 Å². The summed E-state index contributed by atoms with van der Waals surface area (Å²) in [6, 6.07) is 7.09. The molecule has 0 fully saturated rings. The number of anilines is 1. The molecule has 0 bridgehead atoms. The highest BCUT2D eigenvalue weighted by molar-refractivity contribution is 5.37. The van der Waals surface area contributed by atoms with Crippen molar-refractivity contribution >= 4 is 12.3 Å². The Kier molecular flexibility index (Phi) is 6.30. The van der Waals surface area contributed by atoms with Gasteiger partial charge in [-0.3, -0.25) is 4.79 Å². The highest BCUT2D eigenvalue weighted by Crippen LogP contribution is 2.32. The fourth-order valence-corrected chi connectivity index (χ4v) is 1.69. The Morgan fingerprint density at radius 1 is 1.27 bits per heavy atom. The van der Waals surface area contributed by atoms with Crippen LogP contribution < -0.4 is 5.32 Å². The third-order valence-corrected chi connectivity index (χ3v) is 2.56. The number of nitrogens with one attached hydrogen (secondary N) is 1. The van der Waals surface area contributed by atoms with E-state index in [9.17, 15) is 13.2 Å². The quantitative estimate of drug-likeness (QED) is 0.852. The topological polar surface area (TPSA) is 75.1 Å². The zero-order valence-corrected chi connectivity index (χ0v) is 11.6. The van der Waals surface area contributed by atoms with Crippen molar-refractivity contribution in [3.05, 3.63) is 53.5 Å². The molecule has 0 radical (unpaired) electrons. The summed E-state index contributed by atoms with van der Waals surface area (Å²) in [6.45, 7) is 1.53. The molecule has 0 unspecified atom stereocenters. The van der Waals surface area contributed by atoms with Gasteiger partial charge in [0.25, 0.3) is 6.47 Å². The van der Waals surface area contributed by atoms with Gasteiger partial charge >= 0.3 is 6.18 Å². The maximum absolute atomic E-state index is 12.8. The van der Waals surface area contributed by atoms with E-state index in [1.165, 1.54) is 12.1 Å². The number of rotatable bonds is 3. The molecular formula is C14H14F3N3O2. The summed E-state index contributed by atoms with van der Waals surface area (Å²) in [5, 5.41) is 9.75. The van der Waals surface area contributed by atoms with Crippen LogP contribution in [0.5, 0.6) is 0 Å². The molecule has 0 atom stereocenters. The molecule has 22 heavy (non-hydrogen) atoms. The lowest BCUT2D eigenvalue weighted by atomic mass is 10.1. The van der Waals surface area contributed by atoms with Crippen molar-refractivity contribution in [3.63, 3.8) is 0 Å². The minimum Gasteiger partial charge on any atom is -0.483 e. The van der Waals surface area contributed by atoms with Gasteiger partial charge < -0.3 is 10.4 Å². The third kappa shape index (κ3) is 5.39. The number of carboxylic acid groups (broad SMARTS) is 1. The molecule has 1 heterocycles. The summed E-state index contributed by atoms with van der Waals surface area (Å²) in [7, 11) is 0. The maximum atomic E-state index is 12.8. The molecule has 0 spiro atoms. The van der Waals surface area contributed by atoms with E-state index >= 15 is 0 Å². The molecule has 0 saturated heterocycles. The predicted molar refractivity (Wildman–Crippen MR) is 74.2 cm³/mol. The molecule has 2 aromatic rings. The van der Waals surface area contributed by atoms with Crippen LogP contribution in [0.15, 0.2) is 36.5 Å². The Balaban J connectivity index is 0.000000745. The van der Waals surface area contributed by atoms with Crippen LogP contribution >= 0.6 is 0 Å². The number of nitrogens with zero attached hydrogens (tertiary/aromatic N) is 2. The zero-order chi connectivity index (χ0) is 16.6. The molecule has 0 amide bonds. The Morgan fingerprint density at radius 3 is 2.50 bits per heavy atom. The van der Waals surface area contributed by atoms with Gasteiger partial charge in [0, 0.05) is 12.7 Å². The molecule has 2 N–H and O–H groups in total. The lowest BCUT2D eigenvalue weighted by Gasteiger charge is -2.13. The molecule has 0 aliphatic carbocycles. The second-order valence-corrected chi connectivity index (χ2v) is 4.10. The third-order valence-electron chi connectivity index (χ3n) is 2.56. The Hall–Kier alpha value is -2.64. The van der Waals surface area contributed by atoms with E-state index < -0.39 is 11.7 Å². The minimum atomic E-state index is -4.35. The smallest absolute Gasteiger partial charge is 0.416 e. The van der Waals surface area contributed by atoms with Crippen molar-refractivity contribution in [1.29, 1.82) is 0 Å². The average molecular weight is 313 g/mol. The van der Waals surface area contributed by atoms with Gasteiger partial charge in [-0.1, -0.05) is 18.2 Å². The van der Waals surface area contributed by atoms with Crippen molar-refractivity contribution < 1.29 is 23.1 Å². The van der Waals surface area contributed by atoms with Crippen LogP contribution in [0.1, 0.15) is 17.0 Å². The van der Waals surface area contributed by atoms with Crippen molar-refractivity contribution in [2.24, 2.45) is 0 Å². The molecule has 1 aromatic carbocycles. The largest absolute Gasteiger partial charge is 0.483 e. The minimum absolute atomic E-state index is 0.0616. The van der Waals surface area contributed by atoms with Gasteiger partial charge in [-0.05, 0) is 24.6 Å². The highest BCUT2D eigenvalue weighted by Gasteiger charge is 2.32. The van der Waals surface area contributed by atoms with E-state index in [0.717, 1.165) is 6.07 Å². The van der Waals surface area contributed by atoms with E-state index in [1.807, 2.05) is 0 Å². The molecule has 0 saturated carbocycles. The van der Waals surface area contributed by atoms with Gasteiger partial charge in [0.1, 0.15) is 11.6 Å². The van der Waals surface area contributed by atoms with Crippen molar-refractivity contribution in [3.8, 4) is 0 Å². The summed E-state index contributed by atoms with van der Waals surface area (Å²) in [4.78, 5) is 16.4. The van der Waals surface area contributed by atoms with Gasteiger partial charge in [0.15, 0.2) is 0 Å². The van der Waals surface area contributed by atoms with Crippen LogP contribution in [-0.4, -0.2) is 21.5 Å². The van der Waals surface area contributed by atoms with Crippen LogP contribution in [0.25, 0.3) is 0 Å². The van der Waals surface area contributed by atoms with Crippen LogP contribution in [0.2, 0.25) is 0 Å². The van der Waals surface area contributed by atoms with E-state index in [0.29, 0.717) is 11.6 Å². The summed E-state index contributed by atoms with van der Waals surface area (Å²) in [5.41, 5.74) is -0.445. The molecule has 8 heteroatoms. The fourth-order valence-electron chi connectivity index (χ4n) is 1.69. The van der Waals surface area contributed by atoms with Crippen molar-refractivity contribution in [2.45, 2.75) is 19.6 Å². The number of benzene rings is 1. The number of halogens is 3. The number of hydrogen-bond acceptors (Lipinski definition) is 4. The van der Waals surface area contributed by atoms with E-state index in [-0.39, 0.29) is 18.6 Å². The van der Waals surface area contributed by atoms with Gasteiger partial charge in [0.2, 0.25) is 0 Å². The summed E-state index contributed by atoms with van der Waals surface area (Å²) >= 11 is 0. The first-order chi connectivity index (χ1) is 10.4. The Bertz CT molecular complexity index is 618. The molecule has 0 aliphatic heterocycles. The van der Waals surface area contributed by atoms with Gasteiger partial charge in [0.05, 0.1) is 5.56 Å². The van der Waals surface area contributed by atoms with Crippen molar-refractivity contribution in [1.82, 2.24) is 9.97 Å². The van der Waals surface area contributed by atoms with Gasteiger partial charge in [-0.25, -0.2) is 9.97 Å². The lowest BCUT2D eigenvalue weighted by Crippen LogP contribution is -2.12. The Labute approximate surface area is 124 Å². The highest BCUT2D eigenvalue weighted by atomic mass is 19.4. The normalized spacial score (nSPS) is 10.4. The maximum Gasteiger partial charge on any atom is 0.416 e. The molecule has 118 valence electrons. The number of aromatic nitrogens is 2. The number of alkyl halides is 3. The van der Waals surface area contributed by atoms with Crippen LogP contribution in [0.4, 0.5) is 19.0 Å². The zero-order valence-electron chi connectivity index (χ0n) is 11.6. The standard InChI is InChI=1S/C13H12F3N3.CH2O2/c1-9-17-7-6-12(19-9)18-8-10-4-2-3-5-11(10)13(14,15)16;2-1-3/h2-7H,8H2,1H3,(H,17,18,19);1H,(H,2,3). The molecule has 5 nitrogen and oxygen atoms in total. The second-order valence-electron chi connectivity index (χ2n) is 4.10. The van der Waals surface area contributed by atoms with E-state index in [4.69, 9.17) is 9.90 Å². The summed E-state index contributed by atoms with van der Waals surface area (Å²) in [5.74, 6) is 1.07. The predicted octanol–water partition coefficient (Wildman–Crippen LogP) is 3.12. The summed E-state index contributed by atoms with van der Waals surface area (Å²) in [6.07, 6.45) is -2.79. The summed E-state index contributed by atoms with van der Waals surface area (Å²) < 4.78 is 38.4. The van der Waals surface area contributed by atoms with E-state index in [2.05, 4.69) is 15.3 Å². The monoisotopic (exact) mass is 313 g/mol. The SMILES string of the molecule is Cc1nccc(NCc2ccccc2C(F)(F)F)n1.O=CO. The van der Waals surface area contributed by atoms with E-state index in [1.54, 1.807) is 25.3 Å². The molecule has 0 aliphatic rings. The average Bonchev–Trinajstić information content (AvgIpc) is 2.45. The van der Waals surface area contributed by atoms with Gasteiger partial charge in [-0.2, -0.15) is 13.2 Å². The Morgan fingerprint density at radius 2 is 1.91 bits per heavy atom. The first kappa shape index (κ1) is 17.4. The van der Waals surface area contributed by atoms with Crippen molar-refractivity contribution in [2.75, 3.05) is 5.32 Å². The van der Waals surface area contributed by atoms with Crippen LogP contribution in [0, 0.1) is 6.92 Å². The second kappa shape index (κ2) is 7.96. The van der Waals surface area contributed by atoms with Crippen LogP contribution in [-0.2, 0) is 17.5 Å². The molecule has 2 rings (SSSR count). The first-order valence-corrected chi connectivity index (χ1v) is 6.15.